The minimum Gasteiger partial charge on any atom is -0.508 e. The number of hydrogen-bond donors (Lipinski definition) is 2. The van der Waals surface area contributed by atoms with E-state index < -0.39 is 11.7 Å². The highest BCUT2D eigenvalue weighted by atomic mass is 35.5. The molecule has 0 radical (unpaired) electrons. The van der Waals surface area contributed by atoms with Crippen LogP contribution in [0.2, 0.25) is 5.02 Å². The summed E-state index contributed by atoms with van der Waals surface area (Å²) in [7, 11) is 0. The Bertz CT molecular complexity index is 852. The van der Waals surface area contributed by atoms with Gasteiger partial charge in [-0.05, 0) is 49.8 Å². The number of aromatic nitrogens is 1. The molecule has 152 valence electrons. The van der Waals surface area contributed by atoms with E-state index in [0.29, 0.717) is 18.5 Å². The zero-order valence-corrected chi connectivity index (χ0v) is 16.6. The lowest BCUT2D eigenvalue weighted by Crippen LogP contribution is -2.22. The molecule has 1 aromatic carbocycles. The molecule has 1 aromatic heterocycles. The maximum absolute atomic E-state index is 12.7. The van der Waals surface area contributed by atoms with Gasteiger partial charge in [-0.1, -0.05) is 25.4 Å². The molecule has 0 bridgehead atoms. The van der Waals surface area contributed by atoms with Gasteiger partial charge in [0.05, 0.1) is 16.3 Å². The first-order valence-electron chi connectivity index (χ1n) is 8.73. The molecule has 0 atom stereocenters. The molecule has 0 fully saturated rings. The van der Waals surface area contributed by atoms with E-state index in [1.165, 1.54) is 0 Å². The van der Waals surface area contributed by atoms with Crippen LogP contribution in [0.1, 0.15) is 37.5 Å². The minimum absolute atomic E-state index is 0.0242. The number of nitrogens with zero attached hydrogens (tertiary/aromatic N) is 3. The van der Waals surface area contributed by atoms with Gasteiger partial charge in [-0.2, -0.15) is 18.3 Å². The smallest absolute Gasteiger partial charge is 0.417 e. The fourth-order valence-electron chi connectivity index (χ4n) is 2.50. The van der Waals surface area contributed by atoms with Crippen LogP contribution in [0.25, 0.3) is 0 Å². The molecule has 2 N–H and O–H groups in total. The Kier molecular flexibility index (Phi) is 7.26. The molecule has 1 heterocycles. The first-order chi connectivity index (χ1) is 13.2. The zero-order valence-electron chi connectivity index (χ0n) is 15.8. The van der Waals surface area contributed by atoms with Crippen LogP contribution in [0.3, 0.4) is 0 Å². The molecule has 5 nitrogen and oxygen atoms in total. The number of hydrogen-bond acceptors (Lipinski definition) is 5. The van der Waals surface area contributed by atoms with E-state index in [1.807, 2.05) is 19.9 Å². The van der Waals surface area contributed by atoms with E-state index in [1.54, 1.807) is 19.1 Å². The second-order valence-electron chi connectivity index (χ2n) is 6.17. The van der Waals surface area contributed by atoms with Gasteiger partial charge in [0.2, 0.25) is 0 Å². The van der Waals surface area contributed by atoms with Gasteiger partial charge in [-0.25, -0.2) is 4.98 Å². The Morgan fingerprint density at radius 2 is 1.93 bits per heavy atom. The van der Waals surface area contributed by atoms with Crippen LogP contribution in [0.5, 0.6) is 5.75 Å². The first kappa shape index (κ1) is 22.0. The summed E-state index contributed by atoms with van der Waals surface area (Å²) in [4.78, 5) is 5.85. The van der Waals surface area contributed by atoms with E-state index in [2.05, 4.69) is 20.4 Å². The molecule has 2 aromatic rings. The van der Waals surface area contributed by atoms with Crippen molar-refractivity contribution in [2.45, 2.75) is 33.5 Å². The van der Waals surface area contributed by atoms with Gasteiger partial charge in [0.1, 0.15) is 5.75 Å². The maximum atomic E-state index is 12.7. The molecule has 0 amide bonds. The van der Waals surface area contributed by atoms with E-state index in [9.17, 15) is 18.3 Å². The van der Waals surface area contributed by atoms with Gasteiger partial charge >= 0.3 is 6.18 Å². The van der Waals surface area contributed by atoms with Crippen molar-refractivity contribution in [2.75, 3.05) is 18.5 Å². The average molecular weight is 415 g/mol. The summed E-state index contributed by atoms with van der Waals surface area (Å²) < 4.78 is 38.0. The highest BCUT2D eigenvalue weighted by molar-refractivity contribution is 6.33. The van der Waals surface area contributed by atoms with Crippen LogP contribution in [0, 0.1) is 0 Å². The Morgan fingerprint density at radius 1 is 1.25 bits per heavy atom. The molecule has 0 spiro atoms. The van der Waals surface area contributed by atoms with Crippen LogP contribution < -0.4 is 5.43 Å². The Balaban J connectivity index is 2.20. The summed E-state index contributed by atoms with van der Waals surface area (Å²) in [6, 6.07) is 5.93. The van der Waals surface area contributed by atoms with Gasteiger partial charge < -0.3 is 5.11 Å². The van der Waals surface area contributed by atoms with Crippen LogP contribution in [0.15, 0.2) is 35.6 Å². The molecule has 0 aliphatic heterocycles. The van der Waals surface area contributed by atoms with E-state index in [0.717, 1.165) is 30.3 Å². The quantitative estimate of drug-likeness (QED) is 0.486. The largest absolute Gasteiger partial charge is 0.508 e. The summed E-state index contributed by atoms with van der Waals surface area (Å²) in [6.45, 7) is 8.13. The Labute approximate surface area is 166 Å². The van der Waals surface area contributed by atoms with Crippen LogP contribution >= 0.6 is 11.6 Å². The summed E-state index contributed by atoms with van der Waals surface area (Å²) in [5.41, 5.74) is 3.76. The van der Waals surface area contributed by atoms with Crippen LogP contribution in [-0.2, 0) is 12.7 Å². The SMILES string of the molecule is CCN(CC)Cc1cc(/C(C)=N/Nc2ncc(C(F)(F)F)cc2Cl)ccc1O. The van der Waals surface area contributed by atoms with E-state index >= 15 is 0 Å². The third-order valence-corrected chi connectivity index (χ3v) is 4.57. The summed E-state index contributed by atoms with van der Waals surface area (Å²) >= 11 is 5.87. The average Bonchev–Trinajstić information content (AvgIpc) is 2.65. The third kappa shape index (κ3) is 5.59. The van der Waals surface area contributed by atoms with Crippen molar-refractivity contribution in [3.8, 4) is 5.75 Å². The van der Waals surface area contributed by atoms with Crippen LogP contribution in [0.4, 0.5) is 19.0 Å². The lowest BCUT2D eigenvalue weighted by Gasteiger charge is -2.19. The summed E-state index contributed by atoms with van der Waals surface area (Å²) in [6.07, 6.45) is -3.82. The molecule has 0 unspecified atom stereocenters. The van der Waals surface area contributed by atoms with Crippen molar-refractivity contribution in [1.29, 1.82) is 0 Å². The second kappa shape index (κ2) is 9.25. The fraction of sp³-hybridized carbons (Fsp3) is 0.368. The van der Waals surface area contributed by atoms with Gasteiger partial charge in [-0.3, -0.25) is 10.3 Å². The van der Waals surface area contributed by atoms with Gasteiger partial charge in [0.25, 0.3) is 0 Å². The number of rotatable bonds is 7. The molecule has 9 heteroatoms. The molecule has 0 aliphatic carbocycles. The number of pyridine rings is 1. The monoisotopic (exact) mass is 414 g/mol. The Hall–Kier alpha value is -2.32. The van der Waals surface area contributed by atoms with E-state index in [-0.39, 0.29) is 16.6 Å². The number of benzene rings is 1. The highest BCUT2D eigenvalue weighted by Gasteiger charge is 2.31. The Morgan fingerprint density at radius 3 is 2.50 bits per heavy atom. The van der Waals surface area contributed by atoms with Gasteiger partial charge in [-0.15, -0.1) is 0 Å². The zero-order chi connectivity index (χ0) is 20.9. The van der Waals surface area contributed by atoms with Crippen LogP contribution in [-0.4, -0.2) is 33.8 Å². The highest BCUT2D eigenvalue weighted by Crippen LogP contribution is 2.32. The molecule has 0 saturated heterocycles. The number of alkyl halides is 3. The minimum atomic E-state index is -4.51. The molecule has 0 saturated carbocycles. The van der Waals surface area contributed by atoms with E-state index in [4.69, 9.17) is 11.6 Å². The number of aromatic hydroxyl groups is 1. The summed E-state index contributed by atoms with van der Waals surface area (Å²) in [5, 5.41) is 14.1. The predicted octanol–water partition coefficient (Wildman–Crippen LogP) is 5.14. The fourth-order valence-corrected chi connectivity index (χ4v) is 2.71. The van der Waals surface area contributed by atoms with Crippen molar-refractivity contribution >= 4 is 23.1 Å². The predicted molar refractivity (Wildman–Crippen MR) is 105 cm³/mol. The molecule has 0 aliphatic rings. The lowest BCUT2D eigenvalue weighted by molar-refractivity contribution is -0.137. The van der Waals surface area contributed by atoms with Crippen molar-refractivity contribution in [3.05, 3.63) is 52.2 Å². The first-order valence-corrected chi connectivity index (χ1v) is 9.11. The van der Waals surface area contributed by atoms with Crippen molar-refractivity contribution in [3.63, 3.8) is 0 Å². The number of phenolic OH excluding ortho intramolecular Hbond substituents is 1. The standard InChI is InChI=1S/C19H22ClF3N4O/c1-4-27(5-2)11-14-8-13(6-7-17(14)28)12(3)25-26-18-16(20)9-15(10-24-18)19(21,22)23/h6-10,28H,4-5,11H2,1-3H3,(H,24,26)/b25-12+. The lowest BCUT2D eigenvalue weighted by atomic mass is 10.1. The number of anilines is 1. The summed E-state index contributed by atoms with van der Waals surface area (Å²) in [5.74, 6) is 0.222. The normalized spacial score (nSPS) is 12.5. The second-order valence-corrected chi connectivity index (χ2v) is 6.57. The molecule has 2 rings (SSSR count). The molecular weight excluding hydrogens is 393 g/mol. The van der Waals surface area contributed by atoms with Gasteiger partial charge in [0.15, 0.2) is 5.82 Å². The third-order valence-electron chi connectivity index (χ3n) is 4.28. The van der Waals surface area contributed by atoms with Crippen molar-refractivity contribution < 1.29 is 18.3 Å². The number of hydrazone groups is 1. The number of halogens is 4. The molecule has 28 heavy (non-hydrogen) atoms. The maximum Gasteiger partial charge on any atom is 0.417 e. The van der Waals surface area contributed by atoms with Gasteiger partial charge in [0, 0.05) is 18.3 Å². The molecular formula is C19H22ClF3N4O. The van der Waals surface area contributed by atoms with Crippen molar-refractivity contribution in [1.82, 2.24) is 9.88 Å². The number of phenols is 1. The number of nitrogens with one attached hydrogen (secondary N) is 1. The van der Waals surface area contributed by atoms with Crippen molar-refractivity contribution in [2.24, 2.45) is 5.10 Å². The topological polar surface area (TPSA) is 60.8 Å².